The fourth-order valence-corrected chi connectivity index (χ4v) is 3.74. The first-order valence-corrected chi connectivity index (χ1v) is 9.69. The molecule has 0 atom stereocenters. The third-order valence-corrected chi connectivity index (χ3v) is 5.10. The quantitative estimate of drug-likeness (QED) is 0.751. The van der Waals surface area contributed by atoms with Crippen LogP contribution in [0.1, 0.15) is 25.8 Å². The molecule has 150 valence electrons. The zero-order valence-electron chi connectivity index (χ0n) is 16.0. The average molecular weight is 431 g/mol. The normalized spacial score (nSPS) is 14.3. The molecule has 8 heteroatoms. The number of benzene rings is 1. The summed E-state index contributed by atoms with van der Waals surface area (Å²) in [4.78, 5) is 29.7. The maximum Gasteiger partial charge on any atom is 0.250 e. The second-order valence-electron chi connectivity index (χ2n) is 6.71. The van der Waals surface area contributed by atoms with Crippen LogP contribution in [-0.4, -0.2) is 23.3 Å². The maximum atomic E-state index is 12.4. The van der Waals surface area contributed by atoms with Gasteiger partial charge in [0.25, 0.3) is 5.91 Å². The summed E-state index contributed by atoms with van der Waals surface area (Å²) in [6.45, 7) is 3.98. The molecule has 0 spiro atoms. The number of nitrogens with one attached hydrogen (secondary N) is 1. The summed E-state index contributed by atoms with van der Waals surface area (Å²) in [6.07, 6.45) is 3.99. The van der Waals surface area contributed by atoms with Gasteiger partial charge in [-0.1, -0.05) is 34.8 Å². The number of hydrogen-bond donors (Lipinski definition) is 2. The number of halogens is 2. The van der Waals surface area contributed by atoms with Crippen molar-refractivity contribution in [2.24, 2.45) is 5.73 Å². The van der Waals surface area contributed by atoms with E-state index in [-0.39, 0.29) is 5.91 Å². The van der Waals surface area contributed by atoms with Gasteiger partial charge in [-0.2, -0.15) is 0 Å². The van der Waals surface area contributed by atoms with Gasteiger partial charge >= 0.3 is 0 Å². The maximum absolute atomic E-state index is 12.4. The van der Waals surface area contributed by atoms with Gasteiger partial charge in [-0.3, -0.25) is 9.59 Å². The smallest absolute Gasteiger partial charge is 0.250 e. The number of carbonyl (C=O) groups is 2. The highest BCUT2D eigenvalue weighted by atomic mass is 35.5. The lowest BCUT2D eigenvalue weighted by atomic mass is 9.93. The summed E-state index contributed by atoms with van der Waals surface area (Å²) >= 11 is 12.4. The van der Waals surface area contributed by atoms with E-state index >= 15 is 0 Å². The van der Waals surface area contributed by atoms with Gasteiger partial charge in [-0.25, -0.2) is 4.98 Å². The van der Waals surface area contributed by atoms with Crippen molar-refractivity contribution in [3.63, 3.8) is 0 Å². The van der Waals surface area contributed by atoms with Gasteiger partial charge in [0.15, 0.2) is 0 Å². The van der Waals surface area contributed by atoms with E-state index in [1.807, 2.05) is 11.8 Å². The topological polar surface area (TPSA) is 88.3 Å². The van der Waals surface area contributed by atoms with Crippen molar-refractivity contribution in [1.29, 1.82) is 0 Å². The van der Waals surface area contributed by atoms with Crippen molar-refractivity contribution in [1.82, 2.24) is 4.98 Å². The Hall–Kier alpha value is -2.83. The Morgan fingerprint density at radius 3 is 2.62 bits per heavy atom. The fourth-order valence-electron chi connectivity index (χ4n) is 3.23. The van der Waals surface area contributed by atoms with Gasteiger partial charge in [-0.15, -0.1) is 0 Å². The number of nitrogens with zero attached hydrogens (tertiary/aromatic N) is 2. The van der Waals surface area contributed by atoms with E-state index in [1.54, 1.807) is 42.7 Å². The van der Waals surface area contributed by atoms with E-state index in [0.29, 0.717) is 45.5 Å². The van der Waals surface area contributed by atoms with Gasteiger partial charge in [-0.05, 0) is 37.1 Å². The van der Waals surface area contributed by atoms with Crippen LogP contribution in [0.3, 0.4) is 0 Å². The molecule has 0 fully saturated rings. The summed E-state index contributed by atoms with van der Waals surface area (Å²) in [6, 6.07) is 8.70. The van der Waals surface area contributed by atoms with Crippen LogP contribution in [0.4, 0.5) is 11.5 Å². The van der Waals surface area contributed by atoms with E-state index < -0.39 is 5.91 Å². The first kappa shape index (κ1) is 20.9. The largest absolute Gasteiger partial charge is 0.366 e. The highest BCUT2D eigenvalue weighted by Gasteiger charge is 2.23. The molecular formula is C21H20Cl2N4O2. The second kappa shape index (κ2) is 8.68. The molecule has 0 unspecified atom stereocenters. The average Bonchev–Trinajstić information content (AvgIpc) is 2.81. The van der Waals surface area contributed by atoms with Crippen LogP contribution >= 0.6 is 23.2 Å². The molecule has 1 aromatic heterocycles. The molecule has 1 aliphatic heterocycles. The molecule has 2 amide bonds. The van der Waals surface area contributed by atoms with Gasteiger partial charge in [0.1, 0.15) is 5.82 Å². The van der Waals surface area contributed by atoms with E-state index in [2.05, 4.69) is 10.3 Å². The third kappa shape index (κ3) is 4.78. The molecule has 6 nitrogen and oxygen atoms in total. The molecule has 29 heavy (non-hydrogen) atoms. The highest BCUT2D eigenvalue weighted by Crippen LogP contribution is 2.37. The van der Waals surface area contributed by atoms with Crippen LogP contribution in [0.5, 0.6) is 0 Å². The van der Waals surface area contributed by atoms with Crippen molar-refractivity contribution in [2.45, 2.75) is 20.3 Å². The van der Waals surface area contributed by atoms with Crippen LogP contribution in [0, 0.1) is 0 Å². The minimum atomic E-state index is -0.562. The number of carbonyl (C=O) groups excluding carboxylic acids is 2. The lowest BCUT2D eigenvalue weighted by Gasteiger charge is -2.20. The molecule has 0 saturated heterocycles. The van der Waals surface area contributed by atoms with Crippen LogP contribution in [0.25, 0.3) is 5.57 Å². The SMILES string of the molecule is CC(=O)Nc1cc(N2C=C(C(N)=O)C(c3ccc(Cl)cc3Cl)=C(C)CC2)ccn1. The fraction of sp³-hybridized carbons (Fsp3) is 0.190. The molecule has 1 aromatic carbocycles. The molecule has 0 aliphatic carbocycles. The predicted octanol–water partition coefficient (Wildman–Crippen LogP) is 4.40. The molecular weight excluding hydrogens is 411 g/mol. The Balaban J connectivity index is 2.07. The van der Waals surface area contributed by atoms with Gasteiger partial charge in [0.05, 0.1) is 5.57 Å². The number of aromatic nitrogens is 1. The molecule has 1 aliphatic rings. The van der Waals surface area contributed by atoms with Gasteiger partial charge < -0.3 is 16.0 Å². The number of primary amides is 1. The summed E-state index contributed by atoms with van der Waals surface area (Å²) in [5.74, 6) is -0.344. The van der Waals surface area contributed by atoms with Gasteiger partial charge in [0.2, 0.25) is 5.91 Å². The zero-order valence-corrected chi connectivity index (χ0v) is 17.5. The summed E-state index contributed by atoms with van der Waals surface area (Å²) in [5, 5.41) is 3.62. The van der Waals surface area contributed by atoms with Crippen LogP contribution in [0.15, 0.2) is 53.9 Å². The Bertz CT molecular complexity index is 1050. The van der Waals surface area contributed by atoms with E-state index in [1.165, 1.54) is 6.92 Å². The van der Waals surface area contributed by atoms with Crippen LogP contribution in [-0.2, 0) is 9.59 Å². The van der Waals surface area contributed by atoms with Crippen molar-refractivity contribution in [3.05, 3.63) is 69.5 Å². The van der Waals surface area contributed by atoms with Crippen molar-refractivity contribution in [3.8, 4) is 0 Å². The first-order chi connectivity index (χ1) is 13.8. The van der Waals surface area contributed by atoms with Gasteiger partial charge in [0, 0.05) is 53.2 Å². The highest BCUT2D eigenvalue weighted by molar-refractivity contribution is 6.36. The number of nitrogens with two attached hydrogens (primary N) is 1. The number of pyridine rings is 1. The zero-order chi connectivity index (χ0) is 21.1. The second-order valence-corrected chi connectivity index (χ2v) is 7.55. The number of hydrogen-bond acceptors (Lipinski definition) is 4. The van der Waals surface area contributed by atoms with Crippen molar-refractivity contribution in [2.75, 3.05) is 16.8 Å². The molecule has 2 aromatic rings. The molecule has 3 rings (SSSR count). The standard InChI is InChI=1S/C21H20Cl2N4O2/c1-12-6-8-27(15-5-7-25-19(10-15)26-13(2)28)11-17(21(24)29)20(12)16-4-3-14(22)9-18(16)23/h3-5,7,9-11H,6,8H2,1-2H3,(H2,24,29)(H,25,26,28). The lowest BCUT2D eigenvalue weighted by molar-refractivity contribution is -0.115. The van der Waals surface area contributed by atoms with E-state index in [9.17, 15) is 9.59 Å². The Kier molecular flexibility index (Phi) is 6.25. The molecule has 0 radical (unpaired) electrons. The van der Waals surface area contributed by atoms with Crippen molar-refractivity contribution >= 4 is 52.1 Å². The van der Waals surface area contributed by atoms with Crippen LogP contribution < -0.4 is 16.0 Å². The number of rotatable bonds is 4. The summed E-state index contributed by atoms with van der Waals surface area (Å²) < 4.78 is 0. The summed E-state index contributed by atoms with van der Waals surface area (Å²) in [5.41, 5.74) is 9.26. The Labute approximate surface area is 179 Å². The number of anilines is 2. The molecule has 3 N–H and O–H groups in total. The lowest BCUT2D eigenvalue weighted by Crippen LogP contribution is -2.21. The van der Waals surface area contributed by atoms with E-state index in [4.69, 9.17) is 28.9 Å². The molecule has 2 heterocycles. The Morgan fingerprint density at radius 2 is 1.97 bits per heavy atom. The predicted molar refractivity (Wildman–Crippen MR) is 117 cm³/mol. The first-order valence-electron chi connectivity index (χ1n) is 8.93. The van der Waals surface area contributed by atoms with E-state index in [0.717, 1.165) is 11.3 Å². The minimum Gasteiger partial charge on any atom is -0.366 e. The monoisotopic (exact) mass is 430 g/mol. The third-order valence-electron chi connectivity index (χ3n) is 4.55. The Morgan fingerprint density at radius 1 is 1.21 bits per heavy atom. The number of amides is 2. The summed E-state index contributed by atoms with van der Waals surface area (Å²) in [7, 11) is 0. The van der Waals surface area contributed by atoms with Crippen molar-refractivity contribution < 1.29 is 9.59 Å². The molecule has 0 bridgehead atoms. The molecule has 0 saturated carbocycles. The minimum absolute atomic E-state index is 0.212. The van der Waals surface area contributed by atoms with Crippen LogP contribution in [0.2, 0.25) is 10.0 Å².